The van der Waals surface area contributed by atoms with Crippen LogP contribution < -0.4 is 5.32 Å². The number of benzene rings is 5. The number of hydrogen-bond donors (Lipinski definition) is 1. The van der Waals surface area contributed by atoms with Gasteiger partial charge in [0.25, 0.3) is 0 Å². The van der Waals surface area contributed by atoms with E-state index in [9.17, 15) is 0 Å². The van der Waals surface area contributed by atoms with Crippen molar-refractivity contribution in [2.24, 2.45) is 4.99 Å². The molecule has 5 aromatic rings. The largest absolute Gasteiger partial charge is 0.461 e. The fourth-order valence-corrected chi connectivity index (χ4v) is 6.66. The molecule has 284 valence electrons. The maximum atomic E-state index is 6.97. The summed E-state index contributed by atoms with van der Waals surface area (Å²) in [4.78, 5) is 4.71. The van der Waals surface area contributed by atoms with Crippen molar-refractivity contribution >= 4 is 23.2 Å². The van der Waals surface area contributed by atoms with Gasteiger partial charge in [-0.3, -0.25) is 4.99 Å². The van der Waals surface area contributed by atoms with Gasteiger partial charge >= 0.3 is 0 Å². The van der Waals surface area contributed by atoms with Gasteiger partial charge in [-0.2, -0.15) is 0 Å². The third-order valence-corrected chi connectivity index (χ3v) is 9.66. The summed E-state index contributed by atoms with van der Waals surface area (Å²) in [5.74, 6) is 1.29. The molecule has 2 heterocycles. The quantitative estimate of drug-likeness (QED) is 0.0951. The second-order valence-electron chi connectivity index (χ2n) is 13.5. The Labute approximate surface area is 328 Å². The first kappa shape index (κ1) is 38.5. The fourth-order valence-electron chi connectivity index (χ4n) is 6.54. The first-order valence-electron chi connectivity index (χ1n) is 18.8. The van der Waals surface area contributed by atoms with Crippen molar-refractivity contribution in [2.75, 3.05) is 19.7 Å². The average Bonchev–Trinajstić information content (AvgIpc) is 3.24. The Hall–Kier alpha value is -4.80. The van der Waals surface area contributed by atoms with Gasteiger partial charge in [-0.15, -0.1) is 0 Å². The van der Waals surface area contributed by atoms with Crippen molar-refractivity contribution in [1.29, 1.82) is 0 Å². The average molecular weight is 759 g/mol. The van der Waals surface area contributed by atoms with Crippen LogP contribution in [0.1, 0.15) is 34.2 Å². The molecule has 7 rings (SSSR count). The zero-order valence-corrected chi connectivity index (χ0v) is 31.5. The molecule has 1 saturated heterocycles. The van der Waals surface area contributed by atoms with E-state index in [1.807, 2.05) is 152 Å². The van der Waals surface area contributed by atoms with Gasteiger partial charge in [0.05, 0.1) is 33.0 Å². The van der Waals surface area contributed by atoms with Gasteiger partial charge < -0.3 is 33.7 Å². The van der Waals surface area contributed by atoms with Gasteiger partial charge in [0.15, 0.2) is 0 Å². The van der Waals surface area contributed by atoms with Gasteiger partial charge in [0.1, 0.15) is 36.0 Å². The van der Waals surface area contributed by atoms with Crippen molar-refractivity contribution < 1.29 is 28.4 Å². The highest BCUT2D eigenvalue weighted by molar-refractivity contribution is 6.30. The molecule has 0 aromatic heterocycles. The smallest absolute Gasteiger partial charge is 0.229 e. The Bertz CT molecular complexity index is 1930. The second-order valence-corrected chi connectivity index (χ2v) is 13.9. The van der Waals surface area contributed by atoms with Crippen molar-refractivity contribution in [3.8, 4) is 0 Å². The lowest BCUT2D eigenvalue weighted by atomic mass is 9.97. The van der Waals surface area contributed by atoms with Crippen LogP contribution in [-0.2, 0) is 54.8 Å². The molecule has 1 N–H and O–H groups in total. The van der Waals surface area contributed by atoms with E-state index in [0.717, 1.165) is 53.2 Å². The Morgan fingerprint density at radius 2 is 1.15 bits per heavy atom. The Balaban J connectivity index is 1.26. The highest BCUT2D eigenvalue weighted by atomic mass is 35.5. The van der Waals surface area contributed by atoms with Gasteiger partial charge in [0.2, 0.25) is 6.29 Å². The number of nitrogens with zero attached hydrogens (tertiary/aromatic N) is 1. The van der Waals surface area contributed by atoms with Gasteiger partial charge in [-0.05, 0) is 52.9 Å². The van der Waals surface area contributed by atoms with Crippen molar-refractivity contribution in [3.63, 3.8) is 0 Å². The molecule has 2 aliphatic rings. The SMILES string of the molecule is Clc1ccc(/C(=C\C2=NCCCN2)O[C@H]2O[C@H](COCc3ccccc3)[C@@H](OCc3ccccc3)[C@H](OCc3ccccc3)[C@H]2OCc2ccccc2)cc1. The van der Waals surface area contributed by atoms with Crippen LogP contribution in [0.15, 0.2) is 157 Å². The molecule has 9 heteroatoms. The minimum Gasteiger partial charge on any atom is -0.461 e. The van der Waals surface area contributed by atoms with Crippen molar-refractivity contribution in [2.45, 2.75) is 63.6 Å². The van der Waals surface area contributed by atoms with Crippen molar-refractivity contribution in [1.82, 2.24) is 5.32 Å². The lowest BCUT2D eigenvalue weighted by Gasteiger charge is -2.46. The molecule has 0 aliphatic carbocycles. The normalized spacial score (nSPS) is 21.4. The van der Waals surface area contributed by atoms with Crippen LogP contribution in [0, 0.1) is 0 Å². The number of amidine groups is 1. The predicted octanol–water partition coefficient (Wildman–Crippen LogP) is 8.79. The van der Waals surface area contributed by atoms with Crippen LogP contribution in [0.3, 0.4) is 0 Å². The van der Waals surface area contributed by atoms with Crippen LogP contribution in [0.25, 0.3) is 5.76 Å². The summed E-state index contributed by atoms with van der Waals surface area (Å²) in [6.07, 6.45) is -0.596. The molecular formula is C46H47ClN2O6. The number of nitrogens with one attached hydrogen (secondary N) is 1. The number of aliphatic imine (C=N–C) groups is 1. The number of ether oxygens (including phenoxy) is 6. The zero-order valence-electron chi connectivity index (χ0n) is 30.8. The minimum absolute atomic E-state index is 0.221. The van der Waals surface area contributed by atoms with Crippen LogP contribution in [0.4, 0.5) is 0 Å². The summed E-state index contributed by atoms with van der Waals surface area (Å²) in [6.45, 7) is 3.14. The first-order chi connectivity index (χ1) is 27.2. The molecule has 2 aliphatic heterocycles. The van der Waals surface area contributed by atoms with Crippen LogP contribution >= 0.6 is 11.6 Å². The molecular weight excluding hydrogens is 712 g/mol. The maximum Gasteiger partial charge on any atom is 0.229 e. The minimum atomic E-state index is -0.933. The Morgan fingerprint density at radius 3 is 1.67 bits per heavy atom. The molecule has 8 nitrogen and oxygen atoms in total. The molecule has 0 unspecified atom stereocenters. The molecule has 5 atom stereocenters. The van der Waals surface area contributed by atoms with Gasteiger partial charge in [0, 0.05) is 29.8 Å². The first-order valence-corrected chi connectivity index (χ1v) is 19.2. The molecule has 0 radical (unpaired) electrons. The molecule has 1 fully saturated rings. The third kappa shape index (κ3) is 11.4. The second kappa shape index (κ2) is 20.2. The molecule has 5 aromatic carbocycles. The molecule has 0 saturated carbocycles. The highest BCUT2D eigenvalue weighted by Gasteiger charge is 2.50. The number of halogens is 1. The van der Waals surface area contributed by atoms with E-state index in [1.54, 1.807) is 0 Å². The van der Waals surface area contributed by atoms with Crippen LogP contribution in [0.2, 0.25) is 5.02 Å². The van der Waals surface area contributed by atoms with Crippen LogP contribution in [-0.4, -0.2) is 56.2 Å². The zero-order chi connectivity index (χ0) is 37.5. The van der Waals surface area contributed by atoms with Crippen molar-refractivity contribution in [3.05, 3.63) is 185 Å². The number of hydrogen-bond acceptors (Lipinski definition) is 8. The topological polar surface area (TPSA) is 79.8 Å². The number of rotatable bonds is 17. The highest BCUT2D eigenvalue weighted by Crippen LogP contribution is 2.34. The van der Waals surface area contributed by atoms with E-state index in [-0.39, 0.29) is 6.61 Å². The predicted molar refractivity (Wildman–Crippen MR) is 215 cm³/mol. The monoisotopic (exact) mass is 758 g/mol. The Kier molecular flexibility index (Phi) is 14.1. The lowest BCUT2D eigenvalue weighted by molar-refractivity contribution is -0.315. The van der Waals surface area contributed by atoms with E-state index in [2.05, 4.69) is 5.32 Å². The molecule has 0 bridgehead atoms. The van der Waals surface area contributed by atoms with E-state index >= 15 is 0 Å². The maximum absolute atomic E-state index is 6.97. The summed E-state index contributed by atoms with van der Waals surface area (Å²) in [6, 6.07) is 47.9. The molecule has 0 amide bonds. The van der Waals surface area contributed by atoms with Crippen LogP contribution in [0.5, 0.6) is 0 Å². The van der Waals surface area contributed by atoms with E-state index in [4.69, 9.17) is 45.0 Å². The molecule has 0 spiro atoms. The fraction of sp³-hybridized carbons (Fsp3) is 0.283. The lowest BCUT2D eigenvalue weighted by Crippen LogP contribution is -2.61. The van der Waals surface area contributed by atoms with E-state index in [0.29, 0.717) is 37.2 Å². The summed E-state index contributed by atoms with van der Waals surface area (Å²) in [5, 5.41) is 4.02. The van der Waals surface area contributed by atoms with Gasteiger partial charge in [-0.25, -0.2) is 0 Å². The van der Waals surface area contributed by atoms with Gasteiger partial charge in [-0.1, -0.05) is 133 Å². The summed E-state index contributed by atoms with van der Waals surface area (Å²) in [5.41, 5.74) is 4.93. The summed E-state index contributed by atoms with van der Waals surface area (Å²) in [7, 11) is 0. The Morgan fingerprint density at radius 1 is 0.636 bits per heavy atom. The molecule has 55 heavy (non-hydrogen) atoms. The van der Waals surface area contributed by atoms with E-state index < -0.39 is 30.7 Å². The third-order valence-electron chi connectivity index (χ3n) is 9.40. The summed E-state index contributed by atoms with van der Waals surface area (Å²) < 4.78 is 40.9. The standard InChI is InChI=1S/C46H47ClN2O6/c47-39-24-22-38(23-25-39)40(28-42-48-26-13-27-49-42)54-46-45(53-32-37-20-11-4-12-21-37)44(52-31-36-18-9-3-10-19-36)43(51-30-35-16-7-2-8-17-35)41(55-46)33-50-29-34-14-5-1-6-15-34/h1-12,14-25,28,41,43-46H,13,26-27,29-33H2,(H,48,49)/b40-28+/t41-,43-,44+,45-,46+/m1/s1. The van der Waals surface area contributed by atoms with E-state index in [1.165, 1.54) is 0 Å². The summed E-state index contributed by atoms with van der Waals surface area (Å²) >= 11 is 6.34.